The molecular weight excluding hydrogens is 487 g/mol. The Labute approximate surface area is 214 Å². The van der Waals surface area contributed by atoms with E-state index in [1.807, 2.05) is 24.3 Å². The minimum absolute atomic E-state index is 0.0407. The number of ether oxygens (including phenoxy) is 1. The third kappa shape index (κ3) is 6.93. The summed E-state index contributed by atoms with van der Waals surface area (Å²) in [6, 6.07) is 11.2. The molecular formula is C27H32ClFN2O3S. The Morgan fingerprint density at radius 1 is 1.31 bits per heavy atom. The van der Waals surface area contributed by atoms with Gasteiger partial charge in [-0.3, -0.25) is 9.78 Å². The number of hydrogen-bond donors (Lipinski definition) is 1. The molecule has 0 saturated carbocycles. The summed E-state index contributed by atoms with van der Waals surface area (Å²) in [4.78, 5) is 19.6. The number of piperidine rings is 1. The number of carboxylic acid groups (broad SMARTS) is 1. The number of likely N-dealkylation sites (tertiary alicyclic amines) is 1. The molecule has 0 bridgehead atoms. The first kappa shape index (κ1) is 25.9. The highest BCUT2D eigenvalue weighted by Gasteiger charge is 2.31. The van der Waals surface area contributed by atoms with E-state index < -0.39 is 12.1 Å². The normalized spacial score (nSPS) is 19.6. The molecule has 1 N–H and O–H groups in total. The van der Waals surface area contributed by atoms with Gasteiger partial charge in [0.2, 0.25) is 0 Å². The molecule has 35 heavy (non-hydrogen) atoms. The van der Waals surface area contributed by atoms with Crippen molar-refractivity contribution < 1.29 is 19.0 Å². The number of hydrogen-bond acceptors (Lipinski definition) is 5. The van der Waals surface area contributed by atoms with Gasteiger partial charge in [0.05, 0.1) is 17.0 Å². The number of methoxy groups -OCH3 is 1. The summed E-state index contributed by atoms with van der Waals surface area (Å²) in [6.07, 6.45) is 4.60. The van der Waals surface area contributed by atoms with Crippen molar-refractivity contribution in [2.24, 2.45) is 11.8 Å². The van der Waals surface area contributed by atoms with Crippen LogP contribution >= 0.6 is 22.9 Å². The second-order valence-electron chi connectivity index (χ2n) is 9.34. The van der Waals surface area contributed by atoms with Crippen LogP contribution in [0, 0.1) is 11.8 Å². The number of thiophene rings is 1. The van der Waals surface area contributed by atoms with Crippen LogP contribution in [0.2, 0.25) is 4.34 Å². The van der Waals surface area contributed by atoms with E-state index in [0.717, 1.165) is 54.1 Å². The van der Waals surface area contributed by atoms with Crippen LogP contribution in [-0.2, 0) is 11.2 Å². The molecule has 1 fully saturated rings. The van der Waals surface area contributed by atoms with E-state index in [1.165, 1.54) is 4.88 Å². The number of benzene rings is 1. The van der Waals surface area contributed by atoms with Gasteiger partial charge in [0.15, 0.2) is 0 Å². The molecule has 2 aromatic heterocycles. The second kappa shape index (κ2) is 12.2. The first-order valence-corrected chi connectivity index (χ1v) is 13.4. The molecule has 5 nitrogen and oxygen atoms in total. The first-order chi connectivity index (χ1) is 16.9. The minimum Gasteiger partial charge on any atom is -0.497 e. The first-order valence-electron chi connectivity index (χ1n) is 12.2. The topological polar surface area (TPSA) is 62.7 Å². The van der Waals surface area contributed by atoms with Gasteiger partial charge in [-0.05, 0) is 99.0 Å². The van der Waals surface area contributed by atoms with Crippen molar-refractivity contribution in [3.63, 3.8) is 0 Å². The number of nitrogens with zero attached hydrogens (tertiary/aromatic N) is 2. The van der Waals surface area contributed by atoms with Crippen molar-refractivity contribution in [1.29, 1.82) is 0 Å². The number of aryl methyl sites for hydroxylation is 1. The van der Waals surface area contributed by atoms with Gasteiger partial charge in [0, 0.05) is 29.4 Å². The van der Waals surface area contributed by atoms with Gasteiger partial charge in [0.1, 0.15) is 11.9 Å². The lowest BCUT2D eigenvalue weighted by atomic mass is 9.79. The molecule has 3 heterocycles. The highest BCUT2D eigenvalue weighted by Crippen LogP contribution is 2.36. The van der Waals surface area contributed by atoms with Gasteiger partial charge in [0.25, 0.3) is 0 Å². The van der Waals surface area contributed by atoms with Crippen LogP contribution < -0.4 is 4.74 Å². The van der Waals surface area contributed by atoms with Gasteiger partial charge in [-0.25, -0.2) is 4.39 Å². The Hall–Kier alpha value is -2.22. The fourth-order valence-corrected chi connectivity index (χ4v) is 6.35. The fraction of sp³-hybridized carbons (Fsp3) is 0.481. The lowest BCUT2D eigenvalue weighted by Gasteiger charge is -2.38. The number of rotatable bonds is 11. The zero-order valence-corrected chi connectivity index (χ0v) is 21.5. The maximum atomic E-state index is 15.4. The molecule has 4 rings (SSSR count). The van der Waals surface area contributed by atoms with E-state index in [-0.39, 0.29) is 18.3 Å². The molecule has 8 heteroatoms. The average molecular weight is 519 g/mol. The van der Waals surface area contributed by atoms with Crippen molar-refractivity contribution >= 4 is 39.8 Å². The quantitative estimate of drug-likeness (QED) is 0.302. The van der Waals surface area contributed by atoms with Crippen molar-refractivity contribution in [2.75, 3.05) is 26.7 Å². The molecule has 3 atom stereocenters. The number of carbonyl (C=O) groups is 1. The minimum atomic E-state index is -1.13. The summed E-state index contributed by atoms with van der Waals surface area (Å²) in [5.41, 5.74) is 1.36. The van der Waals surface area contributed by atoms with Gasteiger partial charge in [-0.2, -0.15) is 0 Å². The van der Waals surface area contributed by atoms with Crippen molar-refractivity contribution in [1.82, 2.24) is 9.88 Å². The highest BCUT2D eigenvalue weighted by molar-refractivity contribution is 7.16. The third-order valence-electron chi connectivity index (χ3n) is 7.05. The Morgan fingerprint density at radius 2 is 2.17 bits per heavy atom. The molecule has 1 aliphatic rings. The van der Waals surface area contributed by atoms with E-state index >= 15 is 4.39 Å². The number of carboxylic acids is 1. The second-order valence-corrected chi connectivity index (χ2v) is 11.1. The highest BCUT2D eigenvalue weighted by atomic mass is 35.5. The number of aliphatic carboxylic acids is 1. The van der Waals surface area contributed by atoms with E-state index in [2.05, 4.69) is 16.0 Å². The fourth-order valence-electron chi connectivity index (χ4n) is 5.22. The molecule has 0 spiro atoms. The lowest BCUT2D eigenvalue weighted by Crippen LogP contribution is -2.42. The molecule has 1 aromatic carbocycles. The summed E-state index contributed by atoms with van der Waals surface area (Å²) in [6.45, 7) is 2.63. The molecule has 3 aromatic rings. The molecule has 1 aliphatic heterocycles. The van der Waals surface area contributed by atoms with Crippen LogP contribution in [0.4, 0.5) is 4.39 Å². The number of pyridine rings is 1. The largest absolute Gasteiger partial charge is 0.497 e. The van der Waals surface area contributed by atoms with Gasteiger partial charge in [-0.15, -0.1) is 11.3 Å². The Balaban J connectivity index is 1.35. The van der Waals surface area contributed by atoms with E-state index in [9.17, 15) is 9.90 Å². The van der Waals surface area contributed by atoms with Crippen LogP contribution in [0.1, 0.15) is 48.7 Å². The van der Waals surface area contributed by atoms with Crippen LogP contribution in [0.3, 0.4) is 0 Å². The molecule has 0 amide bonds. The standard InChI is InChI=1S/C27H32ClFN2O3S/c1-34-20-5-8-25-23(16-20)22(10-12-30-25)24(29)7-4-18-11-14-31(17-19(18)15-27(32)33)13-2-3-21-6-9-26(28)35-21/h5-6,8-10,12,16,18-19,24H,2-4,7,11,13-15,17H2,1H3,(H,32,33)/t18-,19+,24+/m1/s1. The van der Waals surface area contributed by atoms with E-state index in [1.54, 1.807) is 30.7 Å². The zero-order valence-electron chi connectivity index (χ0n) is 20.0. The van der Waals surface area contributed by atoms with E-state index in [0.29, 0.717) is 24.2 Å². The summed E-state index contributed by atoms with van der Waals surface area (Å²) >= 11 is 7.64. The van der Waals surface area contributed by atoms with Gasteiger partial charge < -0.3 is 14.7 Å². The van der Waals surface area contributed by atoms with Gasteiger partial charge in [-0.1, -0.05) is 11.6 Å². The Bertz CT molecular complexity index is 1140. The molecule has 0 radical (unpaired) electrons. The summed E-state index contributed by atoms with van der Waals surface area (Å²) in [7, 11) is 1.59. The summed E-state index contributed by atoms with van der Waals surface area (Å²) < 4.78 is 21.6. The van der Waals surface area contributed by atoms with Crippen LogP contribution in [-0.4, -0.2) is 47.7 Å². The van der Waals surface area contributed by atoms with Crippen LogP contribution in [0.25, 0.3) is 10.9 Å². The predicted molar refractivity (Wildman–Crippen MR) is 139 cm³/mol. The van der Waals surface area contributed by atoms with Crippen molar-refractivity contribution in [3.8, 4) is 5.75 Å². The lowest BCUT2D eigenvalue weighted by molar-refractivity contribution is -0.139. The third-order valence-corrected chi connectivity index (χ3v) is 8.34. The molecule has 1 saturated heterocycles. The monoisotopic (exact) mass is 518 g/mol. The average Bonchev–Trinajstić information content (AvgIpc) is 3.27. The van der Waals surface area contributed by atoms with Gasteiger partial charge >= 0.3 is 5.97 Å². The van der Waals surface area contributed by atoms with Crippen LogP contribution in [0.5, 0.6) is 5.75 Å². The van der Waals surface area contributed by atoms with Crippen molar-refractivity contribution in [2.45, 2.75) is 44.7 Å². The maximum absolute atomic E-state index is 15.4. The molecule has 188 valence electrons. The number of fused-ring (bicyclic) bond motifs is 1. The molecule has 0 unspecified atom stereocenters. The number of halogens is 2. The number of aromatic nitrogens is 1. The smallest absolute Gasteiger partial charge is 0.303 e. The maximum Gasteiger partial charge on any atom is 0.303 e. The Morgan fingerprint density at radius 3 is 2.91 bits per heavy atom. The Kier molecular flexibility index (Phi) is 8.98. The number of alkyl halides is 1. The molecule has 0 aliphatic carbocycles. The predicted octanol–water partition coefficient (Wildman–Crippen LogP) is 6.79. The van der Waals surface area contributed by atoms with Crippen LogP contribution in [0.15, 0.2) is 42.6 Å². The summed E-state index contributed by atoms with van der Waals surface area (Å²) in [5.74, 6) is 0.146. The van der Waals surface area contributed by atoms with E-state index in [4.69, 9.17) is 16.3 Å². The SMILES string of the molecule is COc1ccc2nccc([C@@H](F)CC[C@@H]3CCN(CCCc4ccc(Cl)s4)C[C@@H]3CC(=O)O)c2c1. The summed E-state index contributed by atoms with van der Waals surface area (Å²) in [5, 5.41) is 10.3. The van der Waals surface area contributed by atoms with Crippen molar-refractivity contribution in [3.05, 3.63) is 57.4 Å². The zero-order chi connectivity index (χ0) is 24.8.